The minimum absolute atomic E-state index is 0.287. The number of rotatable bonds is 1. The molecule has 0 spiro atoms. The molecule has 0 radical (unpaired) electrons. The lowest BCUT2D eigenvalue weighted by molar-refractivity contribution is 0.595. The summed E-state index contributed by atoms with van der Waals surface area (Å²) in [5, 5.41) is 3.44. The third-order valence-corrected chi connectivity index (χ3v) is 5.42. The monoisotopic (exact) mass is 293 g/mol. The lowest BCUT2D eigenvalue weighted by Crippen LogP contribution is -2.22. The Bertz CT molecular complexity index is 339. The van der Waals surface area contributed by atoms with Gasteiger partial charge in [0.1, 0.15) is 0 Å². The van der Waals surface area contributed by atoms with Gasteiger partial charge in [0.05, 0.1) is 9.83 Å². The summed E-state index contributed by atoms with van der Waals surface area (Å²) in [4.78, 5) is 1.28. The summed E-state index contributed by atoms with van der Waals surface area (Å²) in [6, 6.07) is 4.44. The predicted octanol–water partition coefficient (Wildman–Crippen LogP) is 2.29. The van der Waals surface area contributed by atoms with Gasteiger partial charge in [-0.2, -0.15) is 0 Å². The first kappa shape index (κ1) is 10.8. The molecule has 2 heterocycles. The molecule has 1 aliphatic heterocycles. The first-order valence-corrected chi connectivity index (χ1v) is 7.69. The van der Waals surface area contributed by atoms with Gasteiger partial charge in [-0.25, -0.2) is 0 Å². The molecule has 0 aromatic carbocycles. The highest BCUT2D eigenvalue weighted by Gasteiger charge is 2.18. The molecule has 1 aromatic heterocycles. The summed E-state index contributed by atoms with van der Waals surface area (Å²) in [6.07, 6.45) is 1.02. The zero-order valence-corrected chi connectivity index (χ0v) is 10.9. The van der Waals surface area contributed by atoms with Gasteiger partial charge in [0.15, 0.2) is 0 Å². The Hall–Kier alpha value is 0.290. The van der Waals surface area contributed by atoms with Crippen molar-refractivity contribution < 1.29 is 4.21 Å². The van der Waals surface area contributed by atoms with Crippen molar-refractivity contribution in [3.63, 3.8) is 0 Å². The fourth-order valence-corrected chi connectivity index (χ4v) is 4.44. The van der Waals surface area contributed by atoms with E-state index in [0.29, 0.717) is 0 Å². The molecule has 1 aromatic rings. The molecule has 0 bridgehead atoms. The van der Waals surface area contributed by atoms with E-state index < -0.39 is 10.8 Å². The molecule has 0 saturated carbocycles. The van der Waals surface area contributed by atoms with Crippen LogP contribution in [0.5, 0.6) is 0 Å². The van der Waals surface area contributed by atoms with Crippen LogP contribution in [0.3, 0.4) is 0 Å². The molecule has 5 heteroatoms. The molecule has 2 unspecified atom stereocenters. The van der Waals surface area contributed by atoms with E-state index in [2.05, 4.69) is 33.4 Å². The van der Waals surface area contributed by atoms with E-state index in [1.54, 1.807) is 11.3 Å². The molecule has 78 valence electrons. The predicted molar refractivity (Wildman–Crippen MR) is 65.3 cm³/mol. The standard InChI is InChI=1S/C9H12BrNOS2/c10-9-3-2-8(13-9)7-6-14(12)5-1-4-11-7/h2-3,7,11H,1,4-6H2. The molecule has 0 aliphatic carbocycles. The molecule has 2 rings (SSSR count). The smallest absolute Gasteiger partial charge is 0.0701 e. The zero-order chi connectivity index (χ0) is 9.97. The highest BCUT2D eigenvalue weighted by molar-refractivity contribution is 9.11. The molecule has 2 nitrogen and oxygen atoms in total. The zero-order valence-electron chi connectivity index (χ0n) is 7.66. The minimum Gasteiger partial charge on any atom is -0.308 e. The second kappa shape index (κ2) is 4.88. The second-order valence-electron chi connectivity index (χ2n) is 3.31. The summed E-state index contributed by atoms with van der Waals surface area (Å²) in [5.41, 5.74) is 0. The van der Waals surface area contributed by atoms with E-state index in [-0.39, 0.29) is 6.04 Å². The van der Waals surface area contributed by atoms with Gasteiger partial charge in [0.25, 0.3) is 0 Å². The van der Waals surface area contributed by atoms with Crippen molar-refractivity contribution in [1.82, 2.24) is 5.32 Å². The number of halogens is 1. The van der Waals surface area contributed by atoms with Crippen LogP contribution in [0.2, 0.25) is 0 Å². The largest absolute Gasteiger partial charge is 0.308 e. The Labute approximate surface area is 98.7 Å². The topological polar surface area (TPSA) is 29.1 Å². The summed E-state index contributed by atoms with van der Waals surface area (Å²) in [5.74, 6) is 1.60. The van der Waals surface area contributed by atoms with Crippen molar-refractivity contribution in [2.45, 2.75) is 12.5 Å². The van der Waals surface area contributed by atoms with Crippen molar-refractivity contribution in [3.05, 3.63) is 20.8 Å². The van der Waals surface area contributed by atoms with Crippen molar-refractivity contribution in [2.75, 3.05) is 18.1 Å². The van der Waals surface area contributed by atoms with Gasteiger partial charge in [-0.05, 0) is 41.0 Å². The maximum atomic E-state index is 11.5. The number of hydrogen-bond acceptors (Lipinski definition) is 3. The summed E-state index contributed by atoms with van der Waals surface area (Å²) >= 11 is 5.17. The van der Waals surface area contributed by atoms with Crippen LogP contribution >= 0.6 is 27.3 Å². The first-order chi connectivity index (χ1) is 6.75. The van der Waals surface area contributed by atoms with Crippen molar-refractivity contribution in [2.24, 2.45) is 0 Å². The Balaban J connectivity index is 2.12. The van der Waals surface area contributed by atoms with Crippen LogP contribution in [0, 0.1) is 0 Å². The average Bonchev–Trinajstić information content (AvgIpc) is 2.45. The van der Waals surface area contributed by atoms with Crippen molar-refractivity contribution in [3.8, 4) is 0 Å². The Kier molecular flexibility index (Phi) is 3.76. The summed E-state index contributed by atoms with van der Waals surface area (Å²) < 4.78 is 12.7. The molecule has 1 N–H and O–H groups in total. The molecule has 0 amide bonds. The van der Waals surface area contributed by atoms with Gasteiger partial charge >= 0.3 is 0 Å². The van der Waals surface area contributed by atoms with Crippen LogP contribution in [0.4, 0.5) is 0 Å². The van der Waals surface area contributed by atoms with Crippen molar-refractivity contribution in [1.29, 1.82) is 0 Å². The molecule has 1 aliphatic rings. The molecule has 14 heavy (non-hydrogen) atoms. The lowest BCUT2D eigenvalue weighted by Gasteiger charge is -2.12. The van der Waals surface area contributed by atoms with Gasteiger partial charge in [-0.3, -0.25) is 4.21 Å². The maximum Gasteiger partial charge on any atom is 0.0701 e. The Morgan fingerprint density at radius 2 is 2.43 bits per heavy atom. The van der Waals surface area contributed by atoms with Crippen LogP contribution in [0.25, 0.3) is 0 Å². The van der Waals surface area contributed by atoms with Crippen LogP contribution in [0.1, 0.15) is 17.3 Å². The average molecular weight is 294 g/mol. The van der Waals surface area contributed by atoms with Gasteiger partial charge < -0.3 is 5.32 Å². The molecular weight excluding hydrogens is 282 g/mol. The molecule has 1 fully saturated rings. The Morgan fingerprint density at radius 1 is 1.57 bits per heavy atom. The summed E-state index contributed by atoms with van der Waals surface area (Å²) in [7, 11) is -0.650. The van der Waals surface area contributed by atoms with E-state index in [4.69, 9.17) is 0 Å². The van der Waals surface area contributed by atoms with Crippen LogP contribution in [-0.4, -0.2) is 22.3 Å². The highest BCUT2D eigenvalue weighted by atomic mass is 79.9. The van der Waals surface area contributed by atoms with E-state index in [9.17, 15) is 4.21 Å². The minimum atomic E-state index is -0.650. The lowest BCUT2D eigenvalue weighted by atomic mass is 10.2. The fourth-order valence-electron chi connectivity index (χ4n) is 1.54. The van der Waals surface area contributed by atoms with Crippen LogP contribution in [0.15, 0.2) is 15.9 Å². The first-order valence-electron chi connectivity index (χ1n) is 4.59. The second-order valence-corrected chi connectivity index (χ2v) is 7.43. The normalized spacial score (nSPS) is 28.6. The van der Waals surface area contributed by atoms with Crippen LogP contribution in [-0.2, 0) is 10.8 Å². The molecule has 1 saturated heterocycles. The summed E-state index contributed by atoms with van der Waals surface area (Å²) in [6.45, 7) is 0.978. The SMILES string of the molecule is O=S1CCCNC(c2ccc(Br)s2)C1. The highest BCUT2D eigenvalue weighted by Crippen LogP contribution is 2.28. The van der Waals surface area contributed by atoms with E-state index in [1.165, 1.54) is 4.88 Å². The van der Waals surface area contributed by atoms with Gasteiger partial charge in [0, 0.05) is 27.2 Å². The van der Waals surface area contributed by atoms with E-state index in [0.717, 1.165) is 28.3 Å². The molecule has 2 atom stereocenters. The number of nitrogens with one attached hydrogen (secondary N) is 1. The quantitative estimate of drug-likeness (QED) is 0.861. The van der Waals surface area contributed by atoms with Crippen molar-refractivity contribution >= 4 is 38.1 Å². The third-order valence-electron chi connectivity index (χ3n) is 2.23. The van der Waals surface area contributed by atoms with Gasteiger partial charge in [-0.1, -0.05) is 0 Å². The van der Waals surface area contributed by atoms with Crippen LogP contribution < -0.4 is 5.32 Å². The number of hydrogen-bond donors (Lipinski definition) is 1. The van der Waals surface area contributed by atoms with E-state index in [1.807, 2.05) is 0 Å². The maximum absolute atomic E-state index is 11.5. The van der Waals surface area contributed by atoms with Gasteiger partial charge in [0.2, 0.25) is 0 Å². The molecular formula is C9H12BrNOS2. The third kappa shape index (κ3) is 2.66. The van der Waals surface area contributed by atoms with E-state index >= 15 is 0 Å². The van der Waals surface area contributed by atoms with Gasteiger partial charge in [-0.15, -0.1) is 11.3 Å². The Morgan fingerprint density at radius 3 is 3.14 bits per heavy atom. The number of thiophene rings is 1. The fraction of sp³-hybridized carbons (Fsp3) is 0.556.